The van der Waals surface area contributed by atoms with Gasteiger partial charge in [-0.15, -0.1) is 0 Å². The standard InChI is InChI=1S/C14H17N3O2/c15-9-11-4-3-5-12(8-11)17-13(18)16-10-14(19)6-1-2-7-14/h3-5,8,19H,1-2,6-7,10H2,(H2,16,17,18). The molecule has 0 spiro atoms. The quantitative estimate of drug-likeness (QED) is 0.776. The predicted molar refractivity (Wildman–Crippen MR) is 71.6 cm³/mol. The maximum Gasteiger partial charge on any atom is 0.319 e. The van der Waals surface area contributed by atoms with Gasteiger partial charge in [0.25, 0.3) is 0 Å². The minimum atomic E-state index is -0.758. The summed E-state index contributed by atoms with van der Waals surface area (Å²) in [5.41, 5.74) is 0.299. The van der Waals surface area contributed by atoms with Crippen LogP contribution in [-0.2, 0) is 0 Å². The summed E-state index contributed by atoms with van der Waals surface area (Å²) < 4.78 is 0. The molecule has 5 nitrogen and oxygen atoms in total. The minimum Gasteiger partial charge on any atom is -0.388 e. The van der Waals surface area contributed by atoms with E-state index >= 15 is 0 Å². The lowest BCUT2D eigenvalue weighted by molar-refractivity contribution is 0.0506. The van der Waals surface area contributed by atoms with Gasteiger partial charge in [0.2, 0.25) is 0 Å². The van der Waals surface area contributed by atoms with Gasteiger partial charge in [-0.2, -0.15) is 5.26 Å². The number of nitrogens with zero attached hydrogens (tertiary/aromatic N) is 1. The van der Waals surface area contributed by atoms with Crippen LogP contribution >= 0.6 is 0 Å². The highest BCUT2D eigenvalue weighted by Crippen LogP contribution is 2.28. The van der Waals surface area contributed by atoms with E-state index < -0.39 is 5.60 Å². The molecular formula is C14H17N3O2. The second-order valence-corrected chi connectivity index (χ2v) is 4.93. The molecule has 0 aromatic heterocycles. The van der Waals surface area contributed by atoms with Crippen molar-refractivity contribution in [3.63, 3.8) is 0 Å². The molecule has 1 aromatic rings. The number of amides is 2. The van der Waals surface area contributed by atoms with Crippen LogP contribution in [-0.4, -0.2) is 23.3 Å². The van der Waals surface area contributed by atoms with E-state index in [9.17, 15) is 9.90 Å². The SMILES string of the molecule is N#Cc1cccc(NC(=O)NCC2(O)CCCC2)c1. The van der Waals surface area contributed by atoms with Crippen molar-refractivity contribution in [3.05, 3.63) is 29.8 Å². The number of hydrogen-bond donors (Lipinski definition) is 3. The van der Waals surface area contributed by atoms with Crippen LogP contribution < -0.4 is 10.6 Å². The van der Waals surface area contributed by atoms with Gasteiger partial charge in [-0.1, -0.05) is 18.9 Å². The van der Waals surface area contributed by atoms with Gasteiger partial charge in [-0.25, -0.2) is 4.79 Å². The highest BCUT2D eigenvalue weighted by molar-refractivity contribution is 5.89. The van der Waals surface area contributed by atoms with E-state index in [-0.39, 0.29) is 12.6 Å². The highest BCUT2D eigenvalue weighted by Gasteiger charge is 2.31. The molecule has 0 aliphatic heterocycles. The first kappa shape index (κ1) is 13.4. The van der Waals surface area contributed by atoms with E-state index in [0.29, 0.717) is 11.3 Å². The van der Waals surface area contributed by atoms with Crippen LogP contribution in [0.4, 0.5) is 10.5 Å². The molecule has 0 heterocycles. The monoisotopic (exact) mass is 259 g/mol. The number of carbonyl (C=O) groups is 1. The van der Waals surface area contributed by atoms with Gasteiger partial charge >= 0.3 is 6.03 Å². The number of anilines is 1. The van der Waals surface area contributed by atoms with E-state index in [4.69, 9.17) is 5.26 Å². The first-order valence-electron chi connectivity index (χ1n) is 6.39. The Morgan fingerprint density at radius 3 is 2.84 bits per heavy atom. The Bertz CT molecular complexity index is 502. The first-order chi connectivity index (χ1) is 9.11. The Hall–Kier alpha value is -2.06. The number of nitriles is 1. The van der Waals surface area contributed by atoms with E-state index in [2.05, 4.69) is 10.6 Å². The number of rotatable bonds is 3. The zero-order valence-electron chi connectivity index (χ0n) is 10.6. The molecule has 2 amide bonds. The second kappa shape index (κ2) is 5.72. The van der Waals surface area contributed by atoms with Crippen LogP contribution in [0.5, 0.6) is 0 Å². The minimum absolute atomic E-state index is 0.261. The summed E-state index contributed by atoms with van der Waals surface area (Å²) in [6.07, 6.45) is 3.47. The van der Waals surface area contributed by atoms with Crippen molar-refractivity contribution in [3.8, 4) is 6.07 Å². The van der Waals surface area contributed by atoms with Gasteiger partial charge in [-0.05, 0) is 31.0 Å². The van der Waals surface area contributed by atoms with Crippen LogP contribution in [0.1, 0.15) is 31.2 Å². The summed E-state index contributed by atoms with van der Waals surface area (Å²) in [5, 5.41) is 24.2. The van der Waals surface area contributed by atoms with Gasteiger partial charge in [0.05, 0.1) is 17.2 Å². The molecule has 0 bridgehead atoms. The molecule has 5 heteroatoms. The molecule has 1 aromatic carbocycles. The van der Waals surface area contributed by atoms with Crippen molar-refractivity contribution >= 4 is 11.7 Å². The van der Waals surface area contributed by atoms with E-state index in [1.54, 1.807) is 24.3 Å². The molecular weight excluding hydrogens is 242 g/mol. The number of nitrogens with one attached hydrogen (secondary N) is 2. The van der Waals surface area contributed by atoms with Crippen LogP contribution in [0.3, 0.4) is 0 Å². The van der Waals surface area contributed by atoms with Gasteiger partial charge < -0.3 is 15.7 Å². The molecule has 1 aliphatic rings. The molecule has 0 radical (unpaired) electrons. The Morgan fingerprint density at radius 2 is 2.16 bits per heavy atom. The highest BCUT2D eigenvalue weighted by atomic mass is 16.3. The Balaban J connectivity index is 1.85. The van der Waals surface area contributed by atoms with E-state index in [1.165, 1.54) is 0 Å². The smallest absolute Gasteiger partial charge is 0.319 e. The van der Waals surface area contributed by atoms with Gasteiger partial charge in [0.1, 0.15) is 0 Å². The molecule has 1 saturated carbocycles. The van der Waals surface area contributed by atoms with Crippen LogP contribution in [0.2, 0.25) is 0 Å². The topological polar surface area (TPSA) is 85.2 Å². The number of hydrogen-bond acceptors (Lipinski definition) is 3. The number of aliphatic hydroxyl groups is 1. The fraction of sp³-hybridized carbons (Fsp3) is 0.429. The molecule has 1 aliphatic carbocycles. The molecule has 2 rings (SSSR count). The van der Waals surface area contributed by atoms with Crippen LogP contribution in [0, 0.1) is 11.3 Å². The molecule has 100 valence electrons. The van der Waals surface area contributed by atoms with Crippen molar-refractivity contribution in [1.29, 1.82) is 5.26 Å². The molecule has 3 N–H and O–H groups in total. The van der Waals surface area contributed by atoms with Crippen LogP contribution in [0.25, 0.3) is 0 Å². The average molecular weight is 259 g/mol. The third-order valence-electron chi connectivity index (χ3n) is 3.36. The van der Waals surface area contributed by atoms with Crippen molar-refractivity contribution < 1.29 is 9.90 Å². The van der Waals surface area contributed by atoms with Crippen molar-refractivity contribution in [2.45, 2.75) is 31.3 Å². The average Bonchev–Trinajstić information content (AvgIpc) is 2.84. The van der Waals surface area contributed by atoms with Gasteiger partial charge in [-0.3, -0.25) is 0 Å². The lowest BCUT2D eigenvalue weighted by Crippen LogP contribution is -2.42. The first-order valence-corrected chi connectivity index (χ1v) is 6.39. The predicted octanol–water partition coefficient (Wildman–Crippen LogP) is 1.98. The fourth-order valence-electron chi connectivity index (χ4n) is 2.30. The summed E-state index contributed by atoms with van der Waals surface area (Å²) >= 11 is 0. The molecule has 0 saturated heterocycles. The maximum atomic E-state index is 11.7. The summed E-state index contributed by atoms with van der Waals surface area (Å²) in [7, 11) is 0. The van der Waals surface area contributed by atoms with Crippen molar-refractivity contribution in [2.24, 2.45) is 0 Å². The second-order valence-electron chi connectivity index (χ2n) is 4.93. The summed E-state index contributed by atoms with van der Waals surface area (Å²) in [6.45, 7) is 0.261. The number of urea groups is 1. The lowest BCUT2D eigenvalue weighted by Gasteiger charge is -2.22. The Morgan fingerprint density at radius 1 is 1.42 bits per heavy atom. The Labute approximate surface area is 112 Å². The van der Waals surface area contributed by atoms with Gasteiger partial charge in [0.15, 0.2) is 0 Å². The molecule has 0 unspecified atom stereocenters. The third kappa shape index (κ3) is 3.70. The molecule has 0 atom stereocenters. The third-order valence-corrected chi connectivity index (χ3v) is 3.36. The largest absolute Gasteiger partial charge is 0.388 e. The normalized spacial score (nSPS) is 16.6. The maximum absolute atomic E-state index is 11.7. The van der Waals surface area contributed by atoms with E-state index in [0.717, 1.165) is 25.7 Å². The molecule has 1 fully saturated rings. The fourth-order valence-corrected chi connectivity index (χ4v) is 2.30. The van der Waals surface area contributed by atoms with Gasteiger partial charge in [0, 0.05) is 12.2 Å². The van der Waals surface area contributed by atoms with Crippen molar-refractivity contribution in [2.75, 3.05) is 11.9 Å². The van der Waals surface area contributed by atoms with E-state index in [1.807, 2.05) is 6.07 Å². The van der Waals surface area contributed by atoms with Crippen LogP contribution in [0.15, 0.2) is 24.3 Å². The summed E-state index contributed by atoms with van der Waals surface area (Å²) in [6, 6.07) is 8.34. The molecule has 19 heavy (non-hydrogen) atoms. The zero-order chi connectivity index (χ0) is 13.7. The lowest BCUT2D eigenvalue weighted by atomic mass is 10.0. The summed E-state index contributed by atoms with van der Waals surface area (Å²) in [4.78, 5) is 11.7. The Kier molecular flexibility index (Phi) is 4.03. The number of benzene rings is 1. The van der Waals surface area contributed by atoms with Crippen molar-refractivity contribution in [1.82, 2.24) is 5.32 Å². The summed E-state index contributed by atoms with van der Waals surface area (Å²) in [5.74, 6) is 0. The number of carbonyl (C=O) groups excluding carboxylic acids is 1. The zero-order valence-corrected chi connectivity index (χ0v) is 10.6.